The van der Waals surface area contributed by atoms with Crippen LogP contribution >= 0.6 is 0 Å². The molecule has 0 aromatic carbocycles. The highest BCUT2D eigenvalue weighted by molar-refractivity contribution is 5.99. The first kappa shape index (κ1) is 13.5. The van der Waals surface area contributed by atoms with E-state index in [-0.39, 0.29) is 23.7 Å². The van der Waals surface area contributed by atoms with Gasteiger partial charge in [0.1, 0.15) is 6.61 Å². The second kappa shape index (κ2) is 5.67. The van der Waals surface area contributed by atoms with Crippen molar-refractivity contribution < 1.29 is 19.4 Å². The average molecular weight is 251 g/mol. The molecule has 0 aliphatic heterocycles. The Hall–Kier alpha value is -2.57. The summed E-state index contributed by atoms with van der Waals surface area (Å²) in [5.41, 5.74) is 5.42. The minimum Gasteiger partial charge on any atom is -0.478 e. The third-order valence-corrected chi connectivity index (χ3v) is 2.12. The fourth-order valence-corrected chi connectivity index (χ4v) is 1.23. The molecule has 1 aromatic heterocycles. The average Bonchev–Trinajstić information content (AvgIpc) is 2.35. The summed E-state index contributed by atoms with van der Waals surface area (Å²) in [4.78, 5) is 27.3. The maximum Gasteiger partial charge on any atom is 0.415 e. The third kappa shape index (κ3) is 2.76. The molecule has 1 rings (SSSR count). The number of aromatic carboxylic acids is 1. The zero-order chi connectivity index (χ0) is 13.7. The van der Waals surface area contributed by atoms with Crippen LogP contribution in [-0.2, 0) is 4.74 Å². The lowest BCUT2D eigenvalue weighted by molar-refractivity contribution is 0.0698. The maximum atomic E-state index is 11.5. The van der Waals surface area contributed by atoms with Gasteiger partial charge in [-0.05, 0) is 6.07 Å². The first-order chi connectivity index (χ1) is 8.49. The van der Waals surface area contributed by atoms with Gasteiger partial charge in [-0.25, -0.2) is 14.6 Å². The molecule has 0 bridgehead atoms. The van der Waals surface area contributed by atoms with E-state index in [2.05, 4.69) is 11.6 Å². The predicted molar refractivity (Wildman–Crippen MR) is 65.6 cm³/mol. The number of pyridine rings is 1. The number of carboxylic acid groups (broad SMARTS) is 1. The van der Waals surface area contributed by atoms with Crippen LogP contribution in [0.5, 0.6) is 0 Å². The molecular weight excluding hydrogens is 238 g/mol. The van der Waals surface area contributed by atoms with Gasteiger partial charge in [-0.1, -0.05) is 12.7 Å². The number of carbonyl (C=O) groups is 2. The SMILES string of the molecule is C=CCOC(=O)N(C)c1nccc(C(=O)O)c1N. The molecule has 0 unspecified atom stereocenters. The largest absolute Gasteiger partial charge is 0.478 e. The van der Waals surface area contributed by atoms with Crippen molar-refractivity contribution >= 4 is 23.6 Å². The first-order valence-corrected chi connectivity index (χ1v) is 4.98. The molecule has 1 heterocycles. The van der Waals surface area contributed by atoms with Crippen molar-refractivity contribution in [1.29, 1.82) is 0 Å². The monoisotopic (exact) mass is 251 g/mol. The van der Waals surface area contributed by atoms with Crippen LogP contribution < -0.4 is 10.6 Å². The minimum absolute atomic E-state index is 0.0314. The Morgan fingerprint density at radius 3 is 2.89 bits per heavy atom. The second-order valence-electron chi connectivity index (χ2n) is 3.33. The van der Waals surface area contributed by atoms with E-state index in [1.165, 1.54) is 25.4 Å². The van der Waals surface area contributed by atoms with Crippen molar-refractivity contribution in [3.63, 3.8) is 0 Å². The van der Waals surface area contributed by atoms with E-state index in [4.69, 9.17) is 15.6 Å². The molecule has 7 nitrogen and oxygen atoms in total. The number of anilines is 2. The number of rotatable bonds is 4. The number of hydrogen-bond acceptors (Lipinski definition) is 5. The van der Waals surface area contributed by atoms with Crippen LogP contribution in [0.4, 0.5) is 16.3 Å². The van der Waals surface area contributed by atoms with Gasteiger partial charge in [0, 0.05) is 13.2 Å². The van der Waals surface area contributed by atoms with Crippen molar-refractivity contribution in [2.75, 3.05) is 24.3 Å². The van der Waals surface area contributed by atoms with Crippen molar-refractivity contribution in [2.45, 2.75) is 0 Å². The Morgan fingerprint density at radius 2 is 2.33 bits per heavy atom. The molecule has 0 saturated carbocycles. The van der Waals surface area contributed by atoms with Crippen LogP contribution in [-0.4, -0.2) is 35.8 Å². The number of nitrogens with two attached hydrogens (primary N) is 1. The number of amides is 1. The lowest BCUT2D eigenvalue weighted by Crippen LogP contribution is -2.29. The highest BCUT2D eigenvalue weighted by Gasteiger charge is 2.19. The molecule has 0 aliphatic carbocycles. The standard InChI is InChI=1S/C11H13N3O4/c1-3-6-18-11(17)14(2)9-8(12)7(10(15)16)4-5-13-9/h3-5H,1,6,12H2,2H3,(H,15,16). The predicted octanol–water partition coefficient (Wildman–Crippen LogP) is 1.12. The number of carbonyl (C=O) groups excluding carboxylic acids is 1. The van der Waals surface area contributed by atoms with Crippen LogP contribution in [0, 0.1) is 0 Å². The van der Waals surface area contributed by atoms with Gasteiger partial charge >= 0.3 is 12.1 Å². The van der Waals surface area contributed by atoms with Crippen LogP contribution in [0.1, 0.15) is 10.4 Å². The highest BCUT2D eigenvalue weighted by atomic mass is 16.6. The van der Waals surface area contributed by atoms with Crippen molar-refractivity contribution in [3.8, 4) is 0 Å². The fourth-order valence-electron chi connectivity index (χ4n) is 1.23. The topological polar surface area (TPSA) is 106 Å². The summed E-state index contributed by atoms with van der Waals surface area (Å²) in [5.74, 6) is -1.16. The Morgan fingerprint density at radius 1 is 1.67 bits per heavy atom. The summed E-state index contributed by atoms with van der Waals surface area (Å²) in [7, 11) is 1.38. The molecule has 7 heteroatoms. The van der Waals surface area contributed by atoms with Crippen molar-refractivity contribution in [2.24, 2.45) is 0 Å². The Bertz CT molecular complexity index is 487. The quantitative estimate of drug-likeness (QED) is 0.777. The second-order valence-corrected chi connectivity index (χ2v) is 3.33. The molecule has 0 radical (unpaired) electrons. The normalized spacial score (nSPS) is 9.61. The molecule has 18 heavy (non-hydrogen) atoms. The highest BCUT2D eigenvalue weighted by Crippen LogP contribution is 2.23. The van der Waals surface area contributed by atoms with E-state index in [0.717, 1.165) is 4.90 Å². The molecular formula is C11H13N3O4. The molecule has 0 fully saturated rings. The molecule has 0 atom stereocenters. The van der Waals surface area contributed by atoms with Gasteiger partial charge in [0.05, 0.1) is 11.3 Å². The van der Waals surface area contributed by atoms with Crippen LogP contribution in [0.25, 0.3) is 0 Å². The lowest BCUT2D eigenvalue weighted by atomic mass is 10.2. The van der Waals surface area contributed by atoms with Gasteiger partial charge in [0.15, 0.2) is 5.82 Å². The van der Waals surface area contributed by atoms with E-state index in [1.54, 1.807) is 0 Å². The number of aromatic nitrogens is 1. The molecule has 1 amide bonds. The van der Waals surface area contributed by atoms with Gasteiger partial charge < -0.3 is 15.6 Å². The molecule has 0 spiro atoms. The Labute approximate surface area is 103 Å². The van der Waals surface area contributed by atoms with Gasteiger partial charge in [0.2, 0.25) is 0 Å². The first-order valence-electron chi connectivity index (χ1n) is 4.98. The molecule has 0 saturated heterocycles. The molecule has 3 N–H and O–H groups in total. The Balaban J connectivity index is 3.02. The van der Waals surface area contributed by atoms with E-state index in [0.29, 0.717) is 0 Å². The van der Waals surface area contributed by atoms with E-state index < -0.39 is 12.1 Å². The summed E-state index contributed by atoms with van der Waals surface area (Å²) < 4.78 is 4.79. The number of ether oxygens (including phenoxy) is 1. The summed E-state index contributed by atoms with van der Waals surface area (Å²) in [5, 5.41) is 8.90. The summed E-state index contributed by atoms with van der Waals surface area (Å²) in [6, 6.07) is 1.25. The summed E-state index contributed by atoms with van der Waals surface area (Å²) in [6.45, 7) is 3.45. The van der Waals surface area contributed by atoms with E-state index >= 15 is 0 Å². The lowest BCUT2D eigenvalue weighted by Gasteiger charge is -2.17. The smallest absolute Gasteiger partial charge is 0.415 e. The zero-order valence-electron chi connectivity index (χ0n) is 9.79. The molecule has 0 aliphatic rings. The number of nitrogen functional groups attached to an aromatic ring is 1. The summed E-state index contributed by atoms with van der Waals surface area (Å²) in [6.07, 6.45) is 1.97. The van der Waals surface area contributed by atoms with Crippen LogP contribution in [0.3, 0.4) is 0 Å². The third-order valence-electron chi connectivity index (χ3n) is 2.12. The van der Waals surface area contributed by atoms with Crippen molar-refractivity contribution in [3.05, 3.63) is 30.5 Å². The van der Waals surface area contributed by atoms with E-state index in [9.17, 15) is 9.59 Å². The minimum atomic E-state index is -1.19. The zero-order valence-corrected chi connectivity index (χ0v) is 9.79. The van der Waals surface area contributed by atoms with Gasteiger partial charge in [-0.15, -0.1) is 0 Å². The summed E-state index contributed by atoms with van der Waals surface area (Å²) >= 11 is 0. The number of nitrogens with zero attached hydrogens (tertiary/aromatic N) is 2. The Kier molecular flexibility index (Phi) is 4.25. The van der Waals surface area contributed by atoms with Gasteiger partial charge in [0.25, 0.3) is 0 Å². The number of carboxylic acids is 1. The van der Waals surface area contributed by atoms with Crippen LogP contribution in [0.2, 0.25) is 0 Å². The van der Waals surface area contributed by atoms with Gasteiger partial charge in [-0.2, -0.15) is 0 Å². The van der Waals surface area contributed by atoms with Crippen LogP contribution in [0.15, 0.2) is 24.9 Å². The number of hydrogen-bond donors (Lipinski definition) is 2. The fraction of sp³-hybridized carbons (Fsp3) is 0.182. The van der Waals surface area contributed by atoms with Crippen molar-refractivity contribution in [1.82, 2.24) is 4.98 Å². The van der Waals surface area contributed by atoms with Gasteiger partial charge in [-0.3, -0.25) is 4.90 Å². The molecule has 96 valence electrons. The molecule has 1 aromatic rings. The maximum absolute atomic E-state index is 11.5. The van der Waals surface area contributed by atoms with E-state index in [1.807, 2.05) is 0 Å².